The van der Waals surface area contributed by atoms with Crippen molar-refractivity contribution >= 4 is 17.6 Å². The number of aliphatic carboxylic acids is 1. The summed E-state index contributed by atoms with van der Waals surface area (Å²) in [4.78, 5) is 23.3. The number of ether oxygens (including phenoxy) is 1. The fraction of sp³-hybridized carbons (Fsp3) is 0.263. The molecule has 0 radical (unpaired) electrons. The molecule has 0 fully saturated rings. The molecule has 7 heteroatoms. The van der Waals surface area contributed by atoms with E-state index in [2.05, 4.69) is 10.1 Å². The number of benzene rings is 2. The van der Waals surface area contributed by atoms with Crippen LogP contribution >= 0.6 is 0 Å². The van der Waals surface area contributed by atoms with E-state index in [1.807, 2.05) is 0 Å². The number of hydrogen-bond donors (Lipinski definition) is 2. The lowest BCUT2D eigenvalue weighted by Crippen LogP contribution is -2.28. The van der Waals surface area contributed by atoms with E-state index in [1.54, 1.807) is 38.1 Å². The van der Waals surface area contributed by atoms with Crippen LogP contribution in [0.15, 0.2) is 48.5 Å². The monoisotopic (exact) mass is 363 g/mol. The Morgan fingerprint density at radius 2 is 1.65 bits per heavy atom. The molecule has 2 aromatic rings. The summed E-state index contributed by atoms with van der Waals surface area (Å²) in [6.07, 6.45) is 0.0668. The van der Waals surface area contributed by atoms with Gasteiger partial charge in [0, 0.05) is 5.69 Å². The first-order valence-corrected chi connectivity index (χ1v) is 7.86. The molecule has 1 amide bonds. The first-order chi connectivity index (χ1) is 12.2. The number of alkyl halides is 2. The molecule has 0 aliphatic heterocycles. The Morgan fingerprint density at radius 1 is 1.08 bits per heavy atom. The Bertz CT molecular complexity index is 771. The number of rotatable bonds is 7. The molecule has 0 atom stereocenters. The highest BCUT2D eigenvalue weighted by Gasteiger charge is 2.29. The third-order valence-electron chi connectivity index (χ3n) is 3.94. The number of nitrogens with one attached hydrogen (secondary N) is 1. The van der Waals surface area contributed by atoms with Crippen molar-refractivity contribution in [1.29, 1.82) is 0 Å². The van der Waals surface area contributed by atoms with Gasteiger partial charge in [0.2, 0.25) is 5.91 Å². The summed E-state index contributed by atoms with van der Waals surface area (Å²) in [5, 5.41) is 11.9. The second-order valence-electron chi connectivity index (χ2n) is 6.25. The van der Waals surface area contributed by atoms with E-state index in [-0.39, 0.29) is 18.1 Å². The normalized spacial score (nSPS) is 11.3. The Morgan fingerprint density at radius 3 is 2.15 bits per heavy atom. The Hall–Kier alpha value is -2.96. The zero-order valence-electron chi connectivity index (χ0n) is 14.3. The van der Waals surface area contributed by atoms with E-state index in [0.717, 1.165) is 0 Å². The van der Waals surface area contributed by atoms with E-state index in [1.165, 1.54) is 24.3 Å². The topological polar surface area (TPSA) is 75.6 Å². The number of carbonyl (C=O) groups is 2. The smallest absolute Gasteiger partial charge is 0.387 e. The fourth-order valence-electron chi connectivity index (χ4n) is 2.27. The van der Waals surface area contributed by atoms with Crippen molar-refractivity contribution in [2.75, 3.05) is 5.32 Å². The standard InChI is InChI=1S/C19H19F2NO4/c1-19(2,17(24)25)13-5-7-14(8-6-13)22-16(23)11-12-3-9-15(10-4-12)26-18(20)21/h3-10,18H,11H2,1-2H3,(H,22,23)(H,24,25). The number of carbonyl (C=O) groups excluding carboxylic acids is 1. The van der Waals surface area contributed by atoms with Crippen LogP contribution in [0.5, 0.6) is 5.75 Å². The van der Waals surface area contributed by atoms with Crippen molar-refractivity contribution in [1.82, 2.24) is 0 Å². The Kier molecular flexibility index (Phi) is 5.92. The molecule has 0 bridgehead atoms. The van der Waals surface area contributed by atoms with E-state index in [4.69, 9.17) is 0 Å². The number of anilines is 1. The predicted molar refractivity (Wildman–Crippen MR) is 92.5 cm³/mol. The molecule has 2 N–H and O–H groups in total. The summed E-state index contributed by atoms with van der Waals surface area (Å²) in [5.74, 6) is -1.19. The highest BCUT2D eigenvalue weighted by Crippen LogP contribution is 2.25. The van der Waals surface area contributed by atoms with Crippen LogP contribution in [0.4, 0.5) is 14.5 Å². The predicted octanol–water partition coefficient (Wildman–Crippen LogP) is 3.83. The lowest BCUT2D eigenvalue weighted by atomic mass is 9.85. The van der Waals surface area contributed by atoms with Crippen molar-refractivity contribution in [3.05, 3.63) is 59.7 Å². The largest absolute Gasteiger partial charge is 0.481 e. The molecular formula is C19H19F2NO4. The molecule has 0 spiro atoms. The van der Waals surface area contributed by atoms with Gasteiger partial charge in [-0.25, -0.2) is 0 Å². The Labute approximate surface area is 149 Å². The summed E-state index contributed by atoms with van der Waals surface area (Å²) in [5.41, 5.74) is 0.785. The van der Waals surface area contributed by atoms with Crippen molar-refractivity contribution in [2.45, 2.75) is 32.3 Å². The fourth-order valence-corrected chi connectivity index (χ4v) is 2.27. The van der Waals surface area contributed by atoms with Gasteiger partial charge in [0.15, 0.2) is 0 Å². The van der Waals surface area contributed by atoms with Crippen LogP contribution in [-0.4, -0.2) is 23.6 Å². The summed E-state index contributed by atoms with van der Waals surface area (Å²) in [6, 6.07) is 12.4. The second-order valence-corrected chi connectivity index (χ2v) is 6.25. The van der Waals surface area contributed by atoms with Gasteiger partial charge in [-0.15, -0.1) is 0 Å². The van der Waals surface area contributed by atoms with E-state index in [9.17, 15) is 23.5 Å². The van der Waals surface area contributed by atoms with Crippen LogP contribution in [-0.2, 0) is 21.4 Å². The van der Waals surface area contributed by atoms with Crippen LogP contribution in [0.25, 0.3) is 0 Å². The first-order valence-electron chi connectivity index (χ1n) is 7.86. The minimum Gasteiger partial charge on any atom is -0.481 e. The average Bonchev–Trinajstić information content (AvgIpc) is 2.56. The van der Waals surface area contributed by atoms with Crippen LogP contribution < -0.4 is 10.1 Å². The van der Waals surface area contributed by atoms with Gasteiger partial charge >= 0.3 is 12.6 Å². The highest BCUT2D eigenvalue weighted by atomic mass is 19.3. The summed E-state index contributed by atoms with van der Waals surface area (Å²) >= 11 is 0. The third-order valence-corrected chi connectivity index (χ3v) is 3.94. The molecule has 0 aliphatic rings. The maximum absolute atomic E-state index is 12.1. The van der Waals surface area contributed by atoms with E-state index >= 15 is 0 Å². The number of carboxylic acids is 1. The van der Waals surface area contributed by atoms with Crippen LogP contribution in [0, 0.1) is 0 Å². The lowest BCUT2D eigenvalue weighted by molar-refractivity contribution is -0.142. The van der Waals surface area contributed by atoms with Crippen molar-refractivity contribution < 1.29 is 28.2 Å². The third kappa shape index (κ3) is 5.02. The van der Waals surface area contributed by atoms with Gasteiger partial charge in [0.05, 0.1) is 11.8 Å². The van der Waals surface area contributed by atoms with Crippen LogP contribution in [0.1, 0.15) is 25.0 Å². The first kappa shape index (κ1) is 19.4. The van der Waals surface area contributed by atoms with E-state index < -0.39 is 18.0 Å². The zero-order chi connectivity index (χ0) is 19.3. The molecule has 0 unspecified atom stereocenters. The van der Waals surface area contributed by atoms with Gasteiger partial charge < -0.3 is 15.2 Å². The summed E-state index contributed by atoms with van der Waals surface area (Å²) in [7, 11) is 0. The molecule has 0 aromatic heterocycles. The van der Waals surface area contributed by atoms with Gasteiger partial charge in [-0.05, 0) is 49.2 Å². The maximum Gasteiger partial charge on any atom is 0.387 e. The van der Waals surface area contributed by atoms with Gasteiger partial charge in [0.25, 0.3) is 0 Å². The second kappa shape index (κ2) is 7.95. The molecule has 2 aromatic carbocycles. The molecule has 138 valence electrons. The van der Waals surface area contributed by atoms with Crippen molar-refractivity contribution in [3.8, 4) is 5.75 Å². The number of halogens is 2. The molecule has 0 saturated carbocycles. The molecule has 2 rings (SSSR count). The van der Waals surface area contributed by atoms with E-state index in [0.29, 0.717) is 16.8 Å². The van der Waals surface area contributed by atoms with Crippen LogP contribution in [0.2, 0.25) is 0 Å². The van der Waals surface area contributed by atoms with Gasteiger partial charge in [-0.3, -0.25) is 9.59 Å². The molecule has 26 heavy (non-hydrogen) atoms. The quantitative estimate of drug-likeness (QED) is 0.784. The maximum atomic E-state index is 12.1. The Balaban J connectivity index is 1.96. The number of hydrogen-bond acceptors (Lipinski definition) is 3. The molecular weight excluding hydrogens is 344 g/mol. The van der Waals surface area contributed by atoms with Crippen molar-refractivity contribution in [3.63, 3.8) is 0 Å². The molecule has 5 nitrogen and oxygen atoms in total. The molecule has 0 saturated heterocycles. The van der Waals surface area contributed by atoms with Crippen molar-refractivity contribution in [2.24, 2.45) is 0 Å². The lowest BCUT2D eigenvalue weighted by Gasteiger charge is -2.19. The molecule has 0 heterocycles. The molecule has 0 aliphatic carbocycles. The van der Waals surface area contributed by atoms with Gasteiger partial charge in [-0.1, -0.05) is 24.3 Å². The van der Waals surface area contributed by atoms with Crippen LogP contribution in [0.3, 0.4) is 0 Å². The highest BCUT2D eigenvalue weighted by molar-refractivity contribution is 5.92. The summed E-state index contributed by atoms with van der Waals surface area (Å²) < 4.78 is 28.5. The average molecular weight is 363 g/mol. The SMILES string of the molecule is CC(C)(C(=O)O)c1ccc(NC(=O)Cc2ccc(OC(F)F)cc2)cc1. The minimum atomic E-state index is -2.89. The minimum absolute atomic E-state index is 0.0285. The summed E-state index contributed by atoms with van der Waals surface area (Å²) in [6.45, 7) is 0.313. The van der Waals surface area contributed by atoms with Gasteiger partial charge in [-0.2, -0.15) is 8.78 Å². The van der Waals surface area contributed by atoms with Gasteiger partial charge in [0.1, 0.15) is 5.75 Å². The number of carboxylic acid groups (broad SMARTS) is 1. The number of amides is 1. The zero-order valence-corrected chi connectivity index (χ0v) is 14.3.